The summed E-state index contributed by atoms with van der Waals surface area (Å²) in [4.78, 5) is 6.86. The maximum absolute atomic E-state index is 4.28. The number of rotatable bonds is 6. The van der Waals surface area contributed by atoms with Crippen LogP contribution in [0.25, 0.3) is 0 Å². The van der Waals surface area contributed by atoms with Gasteiger partial charge in [0.1, 0.15) is 0 Å². The molecule has 1 aliphatic heterocycles. The first-order valence-electron chi connectivity index (χ1n) is 9.31. The first-order chi connectivity index (χ1) is 11.6. The second kappa shape index (κ2) is 11.7. The highest BCUT2D eigenvalue weighted by atomic mass is 127. The van der Waals surface area contributed by atoms with Crippen molar-refractivity contribution in [3.63, 3.8) is 0 Å². The van der Waals surface area contributed by atoms with Crippen LogP contribution in [0.5, 0.6) is 0 Å². The van der Waals surface area contributed by atoms with Crippen LogP contribution in [0.4, 0.5) is 0 Å². The number of hydrogen-bond acceptors (Lipinski definition) is 2. The van der Waals surface area contributed by atoms with E-state index in [1.807, 2.05) is 7.05 Å². The Morgan fingerprint density at radius 1 is 1.20 bits per heavy atom. The van der Waals surface area contributed by atoms with Crippen LogP contribution in [0.3, 0.4) is 0 Å². The van der Waals surface area contributed by atoms with Gasteiger partial charge >= 0.3 is 0 Å². The number of hydrogen-bond donors (Lipinski definition) is 2. The zero-order valence-corrected chi connectivity index (χ0v) is 18.5. The molecule has 1 fully saturated rings. The van der Waals surface area contributed by atoms with Crippen molar-refractivity contribution in [3.8, 4) is 0 Å². The van der Waals surface area contributed by atoms with Gasteiger partial charge in [-0.05, 0) is 48.9 Å². The van der Waals surface area contributed by atoms with Crippen molar-refractivity contribution in [2.45, 2.75) is 46.7 Å². The third-order valence-electron chi connectivity index (χ3n) is 4.64. The molecule has 0 bridgehead atoms. The second-order valence-corrected chi connectivity index (χ2v) is 7.48. The molecule has 0 radical (unpaired) electrons. The summed E-state index contributed by atoms with van der Waals surface area (Å²) >= 11 is 0. The fourth-order valence-electron chi connectivity index (χ4n) is 3.02. The van der Waals surface area contributed by atoms with Crippen LogP contribution in [0, 0.1) is 11.8 Å². The maximum atomic E-state index is 4.28. The molecule has 0 unspecified atom stereocenters. The Labute approximate surface area is 170 Å². The van der Waals surface area contributed by atoms with Crippen molar-refractivity contribution in [1.29, 1.82) is 0 Å². The van der Waals surface area contributed by atoms with Crippen molar-refractivity contribution in [3.05, 3.63) is 35.4 Å². The van der Waals surface area contributed by atoms with Crippen LogP contribution in [0.1, 0.15) is 44.7 Å². The van der Waals surface area contributed by atoms with E-state index in [1.165, 1.54) is 37.1 Å². The topological polar surface area (TPSA) is 39.7 Å². The molecule has 0 aliphatic carbocycles. The van der Waals surface area contributed by atoms with Crippen LogP contribution < -0.4 is 10.6 Å². The predicted octanol–water partition coefficient (Wildman–Crippen LogP) is 3.86. The molecule has 0 amide bonds. The summed E-state index contributed by atoms with van der Waals surface area (Å²) in [5.74, 6) is 2.38. The number of nitrogens with zero attached hydrogens (tertiary/aromatic N) is 2. The van der Waals surface area contributed by atoms with E-state index < -0.39 is 0 Å². The minimum absolute atomic E-state index is 0. The molecule has 1 aliphatic rings. The number of aliphatic imine (C=N–C) groups is 1. The van der Waals surface area contributed by atoms with Crippen LogP contribution in [0.15, 0.2) is 29.3 Å². The van der Waals surface area contributed by atoms with Crippen LogP contribution in [-0.4, -0.2) is 37.5 Å². The Morgan fingerprint density at radius 2 is 1.88 bits per heavy atom. The molecule has 2 rings (SSSR count). The highest BCUT2D eigenvalue weighted by molar-refractivity contribution is 14.0. The van der Waals surface area contributed by atoms with E-state index in [9.17, 15) is 0 Å². The van der Waals surface area contributed by atoms with E-state index in [1.54, 1.807) is 0 Å². The first kappa shape index (κ1) is 22.2. The van der Waals surface area contributed by atoms with E-state index in [-0.39, 0.29) is 24.0 Å². The van der Waals surface area contributed by atoms with E-state index in [4.69, 9.17) is 0 Å². The molecule has 0 aromatic heterocycles. The normalized spacial score (nSPS) is 16.6. The van der Waals surface area contributed by atoms with Gasteiger partial charge in [-0.15, -0.1) is 24.0 Å². The summed E-state index contributed by atoms with van der Waals surface area (Å²) < 4.78 is 0. The molecule has 1 saturated heterocycles. The lowest BCUT2D eigenvalue weighted by Gasteiger charge is -2.30. The van der Waals surface area contributed by atoms with Crippen LogP contribution >= 0.6 is 24.0 Å². The van der Waals surface area contributed by atoms with E-state index in [0.29, 0.717) is 5.92 Å². The summed E-state index contributed by atoms with van der Waals surface area (Å²) in [7, 11) is 1.82. The Bertz CT molecular complexity index is 522. The molecule has 0 spiro atoms. The molecule has 1 heterocycles. The van der Waals surface area contributed by atoms with Crippen molar-refractivity contribution < 1.29 is 0 Å². The lowest BCUT2D eigenvalue weighted by Crippen LogP contribution is -2.38. The number of guanidine groups is 1. The summed E-state index contributed by atoms with van der Waals surface area (Å²) in [6.45, 7) is 12.0. The number of piperidine rings is 1. The summed E-state index contributed by atoms with van der Waals surface area (Å²) in [6, 6.07) is 8.92. The maximum Gasteiger partial charge on any atom is 0.191 e. The molecule has 4 nitrogen and oxygen atoms in total. The molecular formula is C20H35IN4. The zero-order valence-electron chi connectivity index (χ0n) is 16.2. The third-order valence-corrected chi connectivity index (χ3v) is 4.64. The molecule has 2 N–H and O–H groups in total. The fourth-order valence-corrected chi connectivity index (χ4v) is 3.02. The van der Waals surface area contributed by atoms with Crippen LogP contribution in [0.2, 0.25) is 0 Å². The zero-order chi connectivity index (χ0) is 17.4. The van der Waals surface area contributed by atoms with Crippen LogP contribution in [-0.2, 0) is 13.1 Å². The minimum Gasteiger partial charge on any atom is -0.356 e. The van der Waals surface area contributed by atoms with E-state index in [0.717, 1.165) is 31.5 Å². The van der Waals surface area contributed by atoms with E-state index in [2.05, 4.69) is 65.6 Å². The highest BCUT2D eigenvalue weighted by Gasteiger charge is 2.15. The van der Waals surface area contributed by atoms with Gasteiger partial charge in [-0.3, -0.25) is 9.89 Å². The third kappa shape index (κ3) is 8.40. The van der Waals surface area contributed by atoms with Gasteiger partial charge in [-0.25, -0.2) is 0 Å². The van der Waals surface area contributed by atoms with Crippen molar-refractivity contribution >= 4 is 29.9 Å². The van der Waals surface area contributed by atoms with Crippen molar-refractivity contribution in [1.82, 2.24) is 15.5 Å². The number of likely N-dealkylation sites (tertiary alicyclic amines) is 1. The second-order valence-electron chi connectivity index (χ2n) is 7.48. The first-order valence-corrected chi connectivity index (χ1v) is 9.31. The molecule has 25 heavy (non-hydrogen) atoms. The molecule has 5 heteroatoms. The van der Waals surface area contributed by atoms with Crippen molar-refractivity contribution in [2.24, 2.45) is 16.8 Å². The number of benzene rings is 1. The molecule has 1 aromatic rings. The van der Waals surface area contributed by atoms with Gasteiger partial charge in [-0.2, -0.15) is 0 Å². The lowest BCUT2D eigenvalue weighted by molar-refractivity contribution is 0.185. The Hall–Kier alpha value is -0.820. The molecular weight excluding hydrogens is 423 g/mol. The average molecular weight is 458 g/mol. The molecule has 1 aromatic carbocycles. The van der Waals surface area contributed by atoms with Gasteiger partial charge in [0.15, 0.2) is 5.96 Å². The van der Waals surface area contributed by atoms with Gasteiger partial charge in [0.25, 0.3) is 0 Å². The monoisotopic (exact) mass is 458 g/mol. The SMILES string of the molecule is CN=C(NCc1cccc(CN2CCC(C)CC2)c1)NCC(C)C.I. The fraction of sp³-hybridized carbons (Fsp3) is 0.650. The Balaban J connectivity index is 0.00000312. The number of halogens is 1. The Kier molecular flexibility index (Phi) is 10.4. The van der Waals surface area contributed by atoms with Crippen molar-refractivity contribution in [2.75, 3.05) is 26.7 Å². The predicted molar refractivity (Wildman–Crippen MR) is 119 cm³/mol. The summed E-state index contributed by atoms with van der Waals surface area (Å²) in [5, 5.41) is 6.76. The van der Waals surface area contributed by atoms with Gasteiger partial charge in [0, 0.05) is 26.7 Å². The summed E-state index contributed by atoms with van der Waals surface area (Å²) in [5.41, 5.74) is 2.72. The molecule has 0 saturated carbocycles. The molecule has 142 valence electrons. The molecule has 0 atom stereocenters. The van der Waals surface area contributed by atoms with E-state index >= 15 is 0 Å². The smallest absolute Gasteiger partial charge is 0.191 e. The number of nitrogens with one attached hydrogen (secondary N) is 2. The van der Waals surface area contributed by atoms with Gasteiger partial charge in [0.05, 0.1) is 0 Å². The average Bonchev–Trinajstić information content (AvgIpc) is 2.57. The standard InChI is InChI=1S/C20H34N4.HI/c1-16(2)13-22-20(21-4)23-14-18-6-5-7-19(12-18)15-24-10-8-17(3)9-11-24;/h5-7,12,16-17H,8-11,13-15H2,1-4H3,(H2,21,22,23);1H. The highest BCUT2D eigenvalue weighted by Crippen LogP contribution is 2.18. The van der Waals surface area contributed by atoms with Gasteiger partial charge in [0.2, 0.25) is 0 Å². The quantitative estimate of drug-likeness (QED) is 0.387. The largest absolute Gasteiger partial charge is 0.356 e. The minimum atomic E-state index is 0. The Morgan fingerprint density at radius 3 is 2.52 bits per heavy atom. The lowest BCUT2D eigenvalue weighted by atomic mass is 9.98. The van der Waals surface area contributed by atoms with Gasteiger partial charge < -0.3 is 10.6 Å². The summed E-state index contributed by atoms with van der Waals surface area (Å²) in [6.07, 6.45) is 2.66. The van der Waals surface area contributed by atoms with Gasteiger partial charge in [-0.1, -0.05) is 45.0 Å².